The van der Waals surface area contributed by atoms with Gasteiger partial charge in [-0.2, -0.15) is 0 Å². The average Bonchev–Trinajstić information content (AvgIpc) is 2.31. The van der Waals surface area contributed by atoms with E-state index in [1.807, 2.05) is 50.2 Å². The van der Waals surface area contributed by atoms with Crippen molar-refractivity contribution in [2.75, 3.05) is 27.2 Å². The number of hydrogen-bond acceptors (Lipinski definition) is 3. The second-order valence-corrected chi connectivity index (χ2v) is 4.19. The standard InChI is InChI=1S/C14H20N2O2/c1-4-18-13-8-6-5-7-12(13)11-14(17)15-9-10-16(2)3/h5-9H,4,10-11H2,1-3H3. The van der Waals surface area contributed by atoms with Crippen LogP contribution in [0.15, 0.2) is 29.3 Å². The SMILES string of the molecule is CCOc1ccccc1CC(=O)N=CCN(C)C. The third kappa shape index (κ3) is 5.10. The van der Waals surface area contributed by atoms with E-state index in [0.717, 1.165) is 11.3 Å². The Labute approximate surface area is 108 Å². The van der Waals surface area contributed by atoms with Gasteiger partial charge in [0.25, 0.3) is 0 Å². The Morgan fingerprint density at radius 2 is 2.11 bits per heavy atom. The van der Waals surface area contributed by atoms with Crippen LogP contribution in [0.25, 0.3) is 0 Å². The van der Waals surface area contributed by atoms with Crippen LogP contribution in [-0.4, -0.2) is 44.3 Å². The lowest BCUT2D eigenvalue weighted by molar-refractivity contribution is -0.117. The highest BCUT2D eigenvalue weighted by Gasteiger charge is 2.06. The number of aliphatic imine (C=N–C) groups is 1. The van der Waals surface area contributed by atoms with Gasteiger partial charge in [-0.3, -0.25) is 4.79 Å². The fraction of sp³-hybridized carbons (Fsp3) is 0.429. The number of para-hydroxylation sites is 1. The van der Waals surface area contributed by atoms with Crippen molar-refractivity contribution >= 4 is 12.1 Å². The van der Waals surface area contributed by atoms with Crippen LogP contribution in [0.4, 0.5) is 0 Å². The van der Waals surface area contributed by atoms with Crippen LogP contribution in [0.2, 0.25) is 0 Å². The number of hydrogen-bond donors (Lipinski definition) is 0. The molecular weight excluding hydrogens is 228 g/mol. The summed E-state index contributed by atoms with van der Waals surface area (Å²) in [6, 6.07) is 7.56. The van der Waals surface area contributed by atoms with Gasteiger partial charge in [-0.15, -0.1) is 0 Å². The summed E-state index contributed by atoms with van der Waals surface area (Å²) in [5.41, 5.74) is 0.881. The molecule has 0 aliphatic rings. The smallest absolute Gasteiger partial charge is 0.249 e. The van der Waals surface area contributed by atoms with Crippen LogP contribution < -0.4 is 4.74 Å². The number of amides is 1. The molecule has 1 amide bonds. The molecule has 18 heavy (non-hydrogen) atoms. The second kappa shape index (κ2) is 7.61. The number of ether oxygens (including phenoxy) is 1. The van der Waals surface area contributed by atoms with Crippen molar-refractivity contribution in [2.24, 2.45) is 4.99 Å². The molecule has 4 nitrogen and oxygen atoms in total. The Balaban J connectivity index is 2.61. The van der Waals surface area contributed by atoms with Gasteiger partial charge in [0, 0.05) is 18.3 Å². The fourth-order valence-electron chi connectivity index (χ4n) is 1.46. The van der Waals surface area contributed by atoms with Crippen LogP contribution >= 0.6 is 0 Å². The van der Waals surface area contributed by atoms with Gasteiger partial charge in [-0.05, 0) is 27.1 Å². The first-order valence-electron chi connectivity index (χ1n) is 6.04. The van der Waals surface area contributed by atoms with Crippen LogP contribution in [0.5, 0.6) is 5.75 Å². The van der Waals surface area contributed by atoms with Crippen molar-refractivity contribution < 1.29 is 9.53 Å². The summed E-state index contributed by atoms with van der Waals surface area (Å²) in [5, 5.41) is 0. The van der Waals surface area contributed by atoms with Gasteiger partial charge in [0.1, 0.15) is 5.75 Å². The van der Waals surface area contributed by atoms with Gasteiger partial charge in [0.15, 0.2) is 0 Å². The zero-order chi connectivity index (χ0) is 13.4. The van der Waals surface area contributed by atoms with Crippen molar-refractivity contribution in [1.29, 1.82) is 0 Å². The van der Waals surface area contributed by atoms with Gasteiger partial charge >= 0.3 is 0 Å². The number of carbonyl (C=O) groups is 1. The summed E-state index contributed by atoms with van der Waals surface area (Å²) in [5.74, 6) is 0.611. The molecule has 1 aromatic carbocycles. The molecule has 0 aromatic heterocycles. The molecule has 0 N–H and O–H groups in total. The summed E-state index contributed by atoms with van der Waals surface area (Å²) >= 11 is 0. The second-order valence-electron chi connectivity index (χ2n) is 4.19. The molecule has 98 valence electrons. The predicted octanol–water partition coefficient (Wildman–Crippen LogP) is 1.79. The van der Waals surface area contributed by atoms with Gasteiger partial charge in [0.2, 0.25) is 5.91 Å². The monoisotopic (exact) mass is 248 g/mol. The van der Waals surface area contributed by atoms with Crippen molar-refractivity contribution in [3.05, 3.63) is 29.8 Å². The summed E-state index contributed by atoms with van der Waals surface area (Å²) < 4.78 is 5.47. The Kier molecular flexibility index (Phi) is 6.08. The summed E-state index contributed by atoms with van der Waals surface area (Å²) in [7, 11) is 3.86. The first-order valence-corrected chi connectivity index (χ1v) is 6.04. The Hall–Kier alpha value is -1.68. The van der Waals surface area contributed by atoms with E-state index in [2.05, 4.69) is 4.99 Å². The minimum atomic E-state index is -0.149. The van der Waals surface area contributed by atoms with Gasteiger partial charge in [-0.25, -0.2) is 4.99 Å². The molecule has 1 aromatic rings. The van der Waals surface area contributed by atoms with Crippen molar-refractivity contribution in [1.82, 2.24) is 4.90 Å². The molecule has 0 fully saturated rings. The maximum absolute atomic E-state index is 11.7. The number of benzene rings is 1. The normalized spacial score (nSPS) is 11.1. The predicted molar refractivity (Wildman–Crippen MR) is 73.4 cm³/mol. The van der Waals surface area contributed by atoms with E-state index in [0.29, 0.717) is 13.2 Å². The first-order chi connectivity index (χ1) is 8.63. The summed E-state index contributed by atoms with van der Waals surface area (Å²) in [6.07, 6.45) is 1.91. The van der Waals surface area contributed by atoms with Crippen molar-refractivity contribution in [3.8, 4) is 5.75 Å². The lowest BCUT2D eigenvalue weighted by Crippen LogP contribution is -2.14. The minimum absolute atomic E-state index is 0.149. The molecular formula is C14H20N2O2. The van der Waals surface area contributed by atoms with Gasteiger partial charge < -0.3 is 9.64 Å². The Morgan fingerprint density at radius 1 is 1.39 bits per heavy atom. The number of rotatable bonds is 6. The summed E-state index contributed by atoms with van der Waals surface area (Å²) in [6.45, 7) is 3.18. The average molecular weight is 248 g/mol. The molecule has 0 spiro atoms. The topological polar surface area (TPSA) is 41.9 Å². The molecule has 0 unspecified atom stereocenters. The quantitative estimate of drug-likeness (QED) is 0.721. The minimum Gasteiger partial charge on any atom is -0.494 e. The molecule has 0 bridgehead atoms. The molecule has 0 radical (unpaired) electrons. The van der Waals surface area contributed by atoms with E-state index in [1.165, 1.54) is 0 Å². The molecule has 0 heterocycles. The van der Waals surface area contributed by atoms with Crippen LogP contribution in [0.3, 0.4) is 0 Å². The highest BCUT2D eigenvalue weighted by molar-refractivity contribution is 5.87. The van der Waals surface area contributed by atoms with Gasteiger partial charge in [-0.1, -0.05) is 18.2 Å². The van der Waals surface area contributed by atoms with E-state index in [1.54, 1.807) is 6.21 Å². The lowest BCUT2D eigenvalue weighted by Gasteiger charge is -2.08. The van der Waals surface area contributed by atoms with Crippen LogP contribution in [-0.2, 0) is 11.2 Å². The molecule has 0 saturated carbocycles. The highest BCUT2D eigenvalue weighted by Crippen LogP contribution is 2.18. The lowest BCUT2D eigenvalue weighted by atomic mass is 10.1. The van der Waals surface area contributed by atoms with Crippen LogP contribution in [0, 0.1) is 0 Å². The largest absolute Gasteiger partial charge is 0.494 e. The van der Waals surface area contributed by atoms with Crippen LogP contribution in [0.1, 0.15) is 12.5 Å². The third-order valence-electron chi connectivity index (χ3n) is 2.30. The number of carbonyl (C=O) groups excluding carboxylic acids is 1. The Bertz CT molecular complexity index is 414. The zero-order valence-corrected chi connectivity index (χ0v) is 11.2. The fourth-order valence-corrected chi connectivity index (χ4v) is 1.46. The van der Waals surface area contributed by atoms with E-state index in [4.69, 9.17) is 4.74 Å². The maximum atomic E-state index is 11.7. The molecule has 4 heteroatoms. The summed E-state index contributed by atoms with van der Waals surface area (Å²) in [4.78, 5) is 17.5. The number of nitrogens with zero attached hydrogens (tertiary/aromatic N) is 2. The maximum Gasteiger partial charge on any atom is 0.249 e. The van der Waals surface area contributed by atoms with E-state index >= 15 is 0 Å². The zero-order valence-electron chi connectivity index (χ0n) is 11.2. The molecule has 0 saturated heterocycles. The van der Waals surface area contributed by atoms with E-state index in [9.17, 15) is 4.79 Å². The van der Waals surface area contributed by atoms with E-state index in [-0.39, 0.29) is 12.3 Å². The van der Waals surface area contributed by atoms with Crippen molar-refractivity contribution in [3.63, 3.8) is 0 Å². The van der Waals surface area contributed by atoms with Crippen molar-refractivity contribution in [2.45, 2.75) is 13.3 Å². The third-order valence-corrected chi connectivity index (χ3v) is 2.30. The first kappa shape index (κ1) is 14.4. The molecule has 1 rings (SSSR count). The molecule has 0 aliphatic carbocycles. The van der Waals surface area contributed by atoms with Gasteiger partial charge in [0.05, 0.1) is 13.0 Å². The highest BCUT2D eigenvalue weighted by atomic mass is 16.5. The molecule has 0 aliphatic heterocycles. The van der Waals surface area contributed by atoms with E-state index < -0.39 is 0 Å². The Morgan fingerprint density at radius 3 is 2.78 bits per heavy atom. The molecule has 0 atom stereocenters.